The standard InChI is InChI=1S/C23H33N4O7P/c1-13(32-5)9-10-27-20(23(2,3)4)19(29)18(22(27)30)21-25-15-8-7-14(34-12-17(24)28)11-16(15)35(31,26-21)33-6/h7-8,11,13,29-30H,9-10,12H2,1-6H3,(H2,24,28)(H,25,26,31). The Kier molecular flexibility index (Phi) is 7.54. The van der Waals surface area contributed by atoms with Crippen LogP contribution in [0.5, 0.6) is 17.4 Å². The van der Waals surface area contributed by atoms with Gasteiger partial charge in [-0.25, -0.2) is 0 Å². The van der Waals surface area contributed by atoms with Gasteiger partial charge in [0, 0.05) is 26.2 Å². The van der Waals surface area contributed by atoms with Crippen molar-refractivity contribution in [3.8, 4) is 17.4 Å². The number of methoxy groups -OCH3 is 1. The molecule has 192 valence electrons. The number of aromatic nitrogens is 1. The summed E-state index contributed by atoms with van der Waals surface area (Å²) in [6.07, 6.45) is 0.528. The maximum Gasteiger partial charge on any atom is 0.348 e. The number of anilines is 1. The number of amidine groups is 1. The Morgan fingerprint density at radius 3 is 2.54 bits per heavy atom. The zero-order valence-corrected chi connectivity index (χ0v) is 21.7. The van der Waals surface area contributed by atoms with E-state index in [0.717, 1.165) is 0 Å². The summed E-state index contributed by atoms with van der Waals surface area (Å²) in [6, 6.07) is 4.60. The number of carbonyl (C=O) groups excluding carboxylic acids is 1. The third-order valence-electron chi connectivity index (χ3n) is 5.71. The Morgan fingerprint density at radius 2 is 1.97 bits per heavy atom. The van der Waals surface area contributed by atoms with Crippen LogP contribution < -0.4 is 21.1 Å². The van der Waals surface area contributed by atoms with Crippen LogP contribution in [0.1, 0.15) is 45.4 Å². The van der Waals surface area contributed by atoms with Crippen molar-refractivity contribution >= 4 is 30.3 Å². The van der Waals surface area contributed by atoms with Gasteiger partial charge in [-0.3, -0.25) is 9.36 Å². The van der Waals surface area contributed by atoms with Gasteiger partial charge in [0.15, 0.2) is 18.2 Å². The van der Waals surface area contributed by atoms with E-state index in [2.05, 4.69) is 10.1 Å². The van der Waals surface area contributed by atoms with Gasteiger partial charge in [0.1, 0.15) is 11.3 Å². The second kappa shape index (κ2) is 9.93. The molecule has 11 nitrogen and oxygen atoms in total. The van der Waals surface area contributed by atoms with Gasteiger partial charge < -0.3 is 39.8 Å². The molecule has 35 heavy (non-hydrogen) atoms. The van der Waals surface area contributed by atoms with Crippen LogP contribution in [0.15, 0.2) is 23.0 Å². The summed E-state index contributed by atoms with van der Waals surface area (Å²) in [6.45, 7) is 7.71. The summed E-state index contributed by atoms with van der Waals surface area (Å²) in [4.78, 5) is 11.0. The van der Waals surface area contributed by atoms with E-state index in [-0.39, 0.29) is 46.8 Å². The topological polar surface area (TPSA) is 158 Å². The van der Waals surface area contributed by atoms with Gasteiger partial charge in [0.25, 0.3) is 5.91 Å². The van der Waals surface area contributed by atoms with Gasteiger partial charge in [0.05, 0.1) is 22.8 Å². The summed E-state index contributed by atoms with van der Waals surface area (Å²) < 4.78 is 35.5. The number of rotatable bonds is 9. The lowest BCUT2D eigenvalue weighted by molar-refractivity contribution is -0.119. The van der Waals surface area contributed by atoms with Crippen LogP contribution in [0.3, 0.4) is 0 Å². The number of primary amides is 1. The van der Waals surface area contributed by atoms with Crippen molar-refractivity contribution < 1.29 is 33.6 Å². The first-order chi connectivity index (χ1) is 16.3. The molecule has 0 bridgehead atoms. The summed E-state index contributed by atoms with van der Waals surface area (Å²) in [5.41, 5.74) is 5.52. The first kappa shape index (κ1) is 26.6. The SMILES string of the molecule is COC(C)CCn1c(O)c(C2=NP(=O)(OC)c3cc(OCC(N)=O)ccc3N2)c(O)c1C(C)(C)C. The molecule has 2 atom stereocenters. The maximum absolute atomic E-state index is 13.7. The Balaban J connectivity index is 2.11. The van der Waals surface area contributed by atoms with Crippen LogP contribution in [0.2, 0.25) is 0 Å². The largest absolute Gasteiger partial charge is 0.505 e. The van der Waals surface area contributed by atoms with E-state index in [4.69, 9.17) is 19.7 Å². The monoisotopic (exact) mass is 508 g/mol. The van der Waals surface area contributed by atoms with Crippen molar-refractivity contribution in [1.82, 2.24) is 4.57 Å². The Bertz CT molecular complexity index is 1200. The first-order valence-electron chi connectivity index (χ1n) is 11.1. The number of nitrogens with two attached hydrogens (primary N) is 1. The lowest BCUT2D eigenvalue weighted by Crippen LogP contribution is -2.26. The molecule has 2 aromatic rings. The Hall–Kier alpha value is -3.01. The number of amides is 1. The number of carbonyl (C=O) groups is 1. The second-order valence-electron chi connectivity index (χ2n) is 9.34. The van der Waals surface area contributed by atoms with E-state index in [1.54, 1.807) is 23.8 Å². The minimum atomic E-state index is -3.82. The van der Waals surface area contributed by atoms with Gasteiger partial charge in [-0.1, -0.05) is 20.8 Å². The van der Waals surface area contributed by atoms with Crippen molar-refractivity contribution in [2.75, 3.05) is 26.1 Å². The Labute approximate surface area is 204 Å². The number of nitrogens with one attached hydrogen (secondary N) is 1. The molecule has 0 radical (unpaired) electrons. The number of nitrogens with zero attached hydrogens (tertiary/aromatic N) is 2. The van der Waals surface area contributed by atoms with Crippen molar-refractivity contribution in [1.29, 1.82) is 0 Å². The molecule has 0 aliphatic carbocycles. The smallest absolute Gasteiger partial charge is 0.348 e. The van der Waals surface area contributed by atoms with Crippen molar-refractivity contribution in [2.45, 2.75) is 52.2 Å². The highest BCUT2D eigenvalue weighted by Gasteiger charge is 2.38. The highest BCUT2D eigenvalue weighted by atomic mass is 31.2. The van der Waals surface area contributed by atoms with Crippen LogP contribution in [0.25, 0.3) is 0 Å². The van der Waals surface area contributed by atoms with Gasteiger partial charge >= 0.3 is 7.52 Å². The third kappa shape index (κ3) is 5.32. The minimum Gasteiger partial charge on any atom is -0.505 e. The van der Waals surface area contributed by atoms with Gasteiger partial charge in [-0.05, 0) is 31.5 Å². The lowest BCUT2D eigenvalue weighted by Gasteiger charge is -2.24. The number of hydrogen-bond donors (Lipinski definition) is 4. The van der Waals surface area contributed by atoms with E-state index in [9.17, 15) is 19.6 Å². The van der Waals surface area contributed by atoms with Crippen LogP contribution in [0.4, 0.5) is 5.69 Å². The lowest BCUT2D eigenvalue weighted by atomic mass is 9.91. The number of hydrogen-bond acceptors (Lipinski definition) is 8. The molecule has 0 spiro atoms. The molecule has 0 fully saturated rings. The molecule has 0 saturated heterocycles. The molecule has 5 N–H and O–H groups in total. The maximum atomic E-state index is 13.7. The average molecular weight is 509 g/mol. The molecule has 1 amide bonds. The van der Waals surface area contributed by atoms with E-state index < -0.39 is 18.8 Å². The minimum absolute atomic E-state index is 0.00697. The molecule has 0 saturated carbocycles. The highest BCUT2D eigenvalue weighted by Crippen LogP contribution is 2.53. The summed E-state index contributed by atoms with van der Waals surface area (Å²) in [5.74, 6) is -0.763. The second-order valence-corrected chi connectivity index (χ2v) is 11.4. The molecule has 1 aliphatic heterocycles. The zero-order valence-electron chi connectivity index (χ0n) is 20.8. The van der Waals surface area contributed by atoms with Crippen molar-refractivity contribution in [2.24, 2.45) is 10.5 Å². The number of ether oxygens (including phenoxy) is 2. The van der Waals surface area contributed by atoms with Gasteiger partial charge in [-0.15, -0.1) is 0 Å². The predicted octanol–water partition coefficient (Wildman–Crippen LogP) is 2.82. The summed E-state index contributed by atoms with van der Waals surface area (Å²) in [7, 11) is -0.959. The third-order valence-corrected chi connectivity index (χ3v) is 7.64. The normalized spacial score (nSPS) is 18.4. The number of fused-ring (bicyclic) bond motifs is 1. The van der Waals surface area contributed by atoms with Crippen LogP contribution in [-0.2, 0) is 30.6 Å². The highest BCUT2D eigenvalue weighted by molar-refractivity contribution is 7.66. The van der Waals surface area contributed by atoms with Crippen LogP contribution in [-0.4, -0.2) is 53.5 Å². The van der Waals surface area contributed by atoms with Crippen molar-refractivity contribution in [3.63, 3.8) is 0 Å². The molecular weight excluding hydrogens is 475 g/mol. The van der Waals surface area contributed by atoms with E-state index in [1.807, 2.05) is 27.7 Å². The summed E-state index contributed by atoms with van der Waals surface area (Å²) >= 11 is 0. The fraction of sp³-hybridized carbons (Fsp3) is 0.478. The molecule has 1 aliphatic rings. The van der Waals surface area contributed by atoms with Crippen LogP contribution >= 0.6 is 7.52 Å². The fourth-order valence-electron chi connectivity index (χ4n) is 3.90. The molecule has 1 aromatic heterocycles. The van der Waals surface area contributed by atoms with E-state index in [1.165, 1.54) is 13.2 Å². The molecule has 1 aromatic carbocycles. The fourth-order valence-corrected chi connectivity index (χ4v) is 5.43. The molecule has 3 rings (SSSR count). The molecule has 2 unspecified atom stereocenters. The number of benzene rings is 1. The first-order valence-corrected chi connectivity index (χ1v) is 12.7. The van der Waals surface area contributed by atoms with E-state index >= 15 is 0 Å². The predicted molar refractivity (Wildman–Crippen MR) is 133 cm³/mol. The van der Waals surface area contributed by atoms with Gasteiger partial charge in [0.2, 0.25) is 5.88 Å². The summed E-state index contributed by atoms with van der Waals surface area (Å²) in [5, 5.41) is 25.7. The number of aromatic hydroxyl groups is 2. The molecule has 2 heterocycles. The Morgan fingerprint density at radius 1 is 1.29 bits per heavy atom. The average Bonchev–Trinajstić information content (AvgIpc) is 3.05. The van der Waals surface area contributed by atoms with E-state index in [0.29, 0.717) is 24.3 Å². The van der Waals surface area contributed by atoms with Crippen LogP contribution in [0, 0.1) is 0 Å². The van der Waals surface area contributed by atoms with Crippen molar-refractivity contribution in [3.05, 3.63) is 29.5 Å². The molecule has 12 heteroatoms. The quantitative estimate of drug-likeness (QED) is 0.377. The molecular formula is C23H33N4O7P. The van der Waals surface area contributed by atoms with Gasteiger partial charge in [-0.2, -0.15) is 4.76 Å². The zero-order chi connectivity index (χ0) is 26.1.